The molecule has 2 nitrogen and oxygen atoms in total. The normalized spacial score (nSPS) is 12.2. The van der Waals surface area contributed by atoms with Crippen molar-refractivity contribution in [1.82, 2.24) is 10.2 Å². The monoisotopic (exact) mass is 380 g/mol. The Bertz CT molecular complexity index is 388. The van der Waals surface area contributed by atoms with Crippen LogP contribution in [0.25, 0.3) is 0 Å². The summed E-state index contributed by atoms with van der Waals surface area (Å²) in [5.74, 6) is 0. The van der Waals surface area contributed by atoms with E-state index in [9.17, 15) is 0 Å². The third kappa shape index (κ3) is 6.36. The minimum absolute atomic E-state index is 0.188. The van der Waals surface area contributed by atoms with Crippen molar-refractivity contribution in [3.05, 3.63) is 32.4 Å². The van der Waals surface area contributed by atoms with Gasteiger partial charge in [-0.3, -0.25) is 0 Å². The molecule has 0 heterocycles. The van der Waals surface area contributed by atoms with Gasteiger partial charge in [-0.15, -0.1) is 0 Å². The number of rotatable bonds is 5. The molecule has 1 aromatic carbocycles. The van der Waals surface area contributed by atoms with E-state index in [0.717, 1.165) is 28.2 Å². The molecular weight excluding hydrogens is 359 g/mol. The number of halogens is 2. The molecule has 0 bridgehead atoms. The molecule has 0 saturated heterocycles. The molecule has 1 N–H and O–H groups in total. The van der Waals surface area contributed by atoms with Crippen molar-refractivity contribution in [1.29, 1.82) is 0 Å². The van der Waals surface area contributed by atoms with Crippen LogP contribution in [-0.2, 0) is 6.54 Å². The van der Waals surface area contributed by atoms with Crippen molar-refractivity contribution in [3.63, 3.8) is 0 Å². The third-order valence-corrected chi connectivity index (χ3v) is 4.16. The van der Waals surface area contributed by atoms with Gasteiger partial charge < -0.3 is 10.2 Å². The van der Waals surface area contributed by atoms with Crippen molar-refractivity contribution in [2.24, 2.45) is 0 Å². The fourth-order valence-corrected chi connectivity index (χ4v) is 2.19. The highest BCUT2D eigenvalue weighted by atomic mass is 127. The fraction of sp³-hybridized carbons (Fsp3) is 0.571. The summed E-state index contributed by atoms with van der Waals surface area (Å²) in [5, 5.41) is 4.33. The van der Waals surface area contributed by atoms with Gasteiger partial charge in [0.25, 0.3) is 0 Å². The van der Waals surface area contributed by atoms with E-state index >= 15 is 0 Å². The number of likely N-dealkylation sites (N-methyl/N-ethyl adjacent to an activating group) is 1. The summed E-state index contributed by atoms with van der Waals surface area (Å²) in [5.41, 5.74) is 1.45. The molecular formula is C14H22ClIN2. The van der Waals surface area contributed by atoms with Crippen molar-refractivity contribution < 1.29 is 0 Å². The summed E-state index contributed by atoms with van der Waals surface area (Å²) in [7, 11) is 2.14. The molecule has 0 amide bonds. The average Bonchev–Trinajstić information content (AvgIpc) is 2.21. The first kappa shape index (κ1) is 16.2. The van der Waals surface area contributed by atoms with Gasteiger partial charge in [0.05, 0.1) is 5.02 Å². The zero-order chi connectivity index (χ0) is 13.8. The van der Waals surface area contributed by atoms with Gasteiger partial charge in [0.1, 0.15) is 0 Å². The van der Waals surface area contributed by atoms with E-state index < -0.39 is 0 Å². The van der Waals surface area contributed by atoms with Gasteiger partial charge in [-0.05, 0) is 68.1 Å². The first-order valence-corrected chi connectivity index (χ1v) is 7.61. The predicted octanol–water partition coefficient (Wildman–Crippen LogP) is 3.76. The van der Waals surface area contributed by atoms with E-state index in [2.05, 4.69) is 78.8 Å². The Morgan fingerprint density at radius 1 is 1.33 bits per heavy atom. The maximum atomic E-state index is 6.12. The lowest BCUT2D eigenvalue weighted by molar-refractivity contribution is 0.303. The molecule has 0 spiro atoms. The lowest BCUT2D eigenvalue weighted by Crippen LogP contribution is -2.40. The van der Waals surface area contributed by atoms with E-state index in [1.807, 2.05) is 0 Å². The fourth-order valence-electron chi connectivity index (χ4n) is 1.65. The summed E-state index contributed by atoms with van der Waals surface area (Å²) in [6, 6.07) is 6.26. The summed E-state index contributed by atoms with van der Waals surface area (Å²) in [4.78, 5) is 2.30. The highest BCUT2D eigenvalue weighted by Crippen LogP contribution is 2.20. The Morgan fingerprint density at radius 3 is 2.56 bits per heavy atom. The first-order chi connectivity index (χ1) is 8.28. The molecule has 0 aliphatic carbocycles. The lowest BCUT2D eigenvalue weighted by Gasteiger charge is -2.23. The zero-order valence-electron chi connectivity index (χ0n) is 11.6. The molecule has 0 unspecified atom stereocenters. The van der Waals surface area contributed by atoms with Crippen LogP contribution in [0.15, 0.2) is 18.2 Å². The molecule has 1 aromatic rings. The quantitative estimate of drug-likeness (QED) is 0.782. The van der Waals surface area contributed by atoms with Gasteiger partial charge in [0.15, 0.2) is 0 Å². The molecule has 0 fully saturated rings. The summed E-state index contributed by atoms with van der Waals surface area (Å²) in [6.07, 6.45) is 0. The van der Waals surface area contributed by atoms with Crippen LogP contribution in [0.5, 0.6) is 0 Å². The number of nitrogens with one attached hydrogen (secondary N) is 1. The van der Waals surface area contributed by atoms with Gasteiger partial charge in [0.2, 0.25) is 0 Å². The van der Waals surface area contributed by atoms with Gasteiger partial charge >= 0.3 is 0 Å². The van der Waals surface area contributed by atoms with Crippen LogP contribution in [0.1, 0.15) is 26.3 Å². The SMILES string of the molecule is CN(CCNC(C)(C)C)Cc1ccc(I)c(Cl)c1. The maximum Gasteiger partial charge on any atom is 0.0542 e. The number of benzene rings is 1. The van der Waals surface area contributed by atoms with Crippen LogP contribution in [0.3, 0.4) is 0 Å². The Labute approximate surface area is 129 Å². The standard InChI is InChI=1S/C14H22ClIN2/c1-14(2,3)17-7-8-18(4)10-11-5-6-13(16)12(15)9-11/h5-6,9,17H,7-8,10H2,1-4H3. The highest BCUT2D eigenvalue weighted by molar-refractivity contribution is 14.1. The van der Waals surface area contributed by atoms with Gasteiger partial charge in [-0.2, -0.15) is 0 Å². The molecule has 0 aromatic heterocycles. The molecule has 102 valence electrons. The highest BCUT2D eigenvalue weighted by Gasteiger charge is 2.09. The molecule has 0 saturated carbocycles. The Balaban J connectivity index is 2.40. The van der Waals surface area contributed by atoms with Crippen LogP contribution < -0.4 is 5.32 Å². The largest absolute Gasteiger partial charge is 0.311 e. The Kier molecular flexibility index (Phi) is 6.38. The second-order valence-electron chi connectivity index (χ2n) is 5.66. The molecule has 4 heteroatoms. The van der Waals surface area contributed by atoms with E-state index in [1.54, 1.807) is 0 Å². The van der Waals surface area contributed by atoms with Crippen molar-refractivity contribution in [2.75, 3.05) is 20.1 Å². The zero-order valence-corrected chi connectivity index (χ0v) is 14.5. The summed E-state index contributed by atoms with van der Waals surface area (Å²) >= 11 is 8.37. The van der Waals surface area contributed by atoms with Gasteiger partial charge in [-0.1, -0.05) is 17.7 Å². The van der Waals surface area contributed by atoms with Crippen LogP contribution in [0.2, 0.25) is 5.02 Å². The van der Waals surface area contributed by atoms with E-state index in [1.165, 1.54) is 5.56 Å². The van der Waals surface area contributed by atoms with Crippen LogP contribution in [-0.4, -0.2) is 30.6 Å². The molecule has 0 aliphatic rings. The van der Waals surface area contributed by atoms with Crippen molar-refractivity contribution in [2.45, 2.75) is 32.9 Å². The topological polar surface area (TPSA) is 15.3 Å². The second-order valence-corrected chi connectivity index (χ2v) is 7.23. The van der Waals surface area contributed by atoms with E-state index in [4.69, 9.17) is 11.6 Å². The van der Waals surface area contributed by atoms with E-state index in [-0.39, 0.29) is 5.54 Å². The average molecular weight is 381 g/mol. The maximum absolute atomic E-state index is 6.12. The minimum atomic E-state index is 0.188. The first-order valence-electron chi connectivity index (χ1n) is 6.15. The lowest BCUT2D eigenvalue weighted by atomic mass is 10.1. The van der Waals surface area contributed by atoms with Crippen LogP contribution in [0.4, 0.5) is 0 Å². The molecule has 0 radical (unpaired) electrons. The summed E-state index contributed by atoms with van der Waals surface area (Å²) in [6.45, 7) is 9.52. The van der Waals surface area contributed by atoms with Crippen molar-refractivity contribution >= 4 is 34.2 Å². The van der Waals surface area contributed by atoms with Crippen molar-refractivity contribution in [3.8, 4) is 0 Å². The Hall–Kier alpha value is 0.160. The van der Waals surface area contributed by atoms with Crippen LogP contribution >= 0.6 is 34.2 Å². The number of nitrogens with zero attached hydrogens (tertiary/aromatic N) is 1. The predicted molar refractivity (Wildman–Crippen MR) is 88.3 cm³/mol. The summed E-state index contributed by atoms with van der Waals surface area (Å²) < 4.78 is 1.11. The molecule has 1 rings (SSSR count). The molecule has 0 atom stereocenters. The van der Waals surface area contributed by atoms with Crippen LogP contribution in [0, 0.1) is 3.57 Å². The Morgan fingerprint density at radius 2 is 2.00 bits per heavy atom. The molecule has 0 aliphatic heterocycles. The second kappa shape index (κ2) is 7.08. The molecule has 18 heavy (non-hydrogen) atoms. The van der Waals surface area contributed by atoms with E-state index in [0.29, 0.717) is 0 Å². The van der Waals surface area contributed by atoms with Gasteiger partial charge in [-0.25, -0.2) is 0 Å². The number of hydrogen-bond donors (Lipinski definition) is 1. The third-order valence-electron chi connectivity index (χ3n) is 2.59. The minimum Gasteiger partial charge on any atom is -0.311 e. The van der Waals surface area contributed by atoms with Gasteiger partial charge in [0, 0.05) is 28.7 Å². The number of hydrogen-bond acceptors (Lipinski definition) is 2. The smallest absolute Gasteiger partial charge is 0.0542 e.